The third-order valence-electron chi connectivity index (χ3n) is 2.55. The minimum Gasteiger partial charge on any atom is -1.00 e. The second-order valence-corrected chi connectivity index (χ2v) is 4.27. The molecule has 0 saturated carbocycles. The van der Waals surface area contributed by atoms with E-state index in [4.69, 9.17) is 9.47 Å². The van der Waals surface area contributed by atoms with Crippen LogP contribution in [0.2, 0.25) is 0 Å². The molecule has 0 N–H and O–H groups in total. The molecule has 0 heterocycles. The molecule has 0 rings (SSSR count). The van der Waals surface area contributed by atoms with Gasteiger partial charge in [-0.25, -0.2) is 0 Å². The van der Waals surface area contributed by atoms with Crippen LogP contribution < -0.4 is 0 Å². The summed E-state index contributed by atoms with van der Waals surface area (Å²) >= 11 is 0. The van der Waals surface area contributed by atoms with Crippen molar-refractivity contribution in [3.05, 3.63) is 36.6 Å². The molecule has 0 aromatic rings. The summed E-state index contributed by atoms with van der Waals surface area (Å²) in [6, 6.07) is 0. The normalized spacial score (nSPS) is 11.5. The Hall–Kier alpha value is -0.254. The van der Waals surface area contributed by atoms with Crippen LogP contribution in [-0.4, -0.2) is 37.0 Å². The van der Waals surface area contributed by atoms with Crippen LogP contribution in [-0.2, 0) is 9.47 Å². The standard InChI is InChI=1S/C16H28O2.Mg.2H/c1-3-4-5-6-7-8-9-10-11-12-13-14-15-18-16-17-2;;;/h10-15H,3-9,16H2,1-2H3;;;/q;+2;2*-1. The molecular formula is C16H30MgO2. The zero-order chi connectivity index (χ0) is 13.3. The maximum Gasteiger partial charge on any atom is 2.00 e. The molecule has 108 valence electrons. The van der Waals surface area contributed by atoms with Crippen molar-refractivity contribution in [1.29, 1.82) is 0 Å². The summed E-state index contributed by atoms with van der Waals surface area (Å²) in [6.07, 6.45) is 21.1. The van der Waals surface area contributed by atoms with Crippen molar-refractivity contribution >= 4 is 23.1 Å². The fourth-order valence-electron chi connectivity index (χ4n) is 1.55. The van der Waals surface area contributed by atoms with Crippen molar-refractivity contribution in [2.24, 2.45) is 0 Å². The fraction of sp³-hybridized carbons (Fsp3) is 0.625. The first-order valence-corrected chi connectivity index (χ1v) is 7.00. The molecule has 0 aliphatic carbocycles. The second kappa shape index (κ2) is 20.1. The average molecular weight is 279 g/mol. The van der Waals surface area contributed by atoms with E-state index in [-0.39, 0.29) is 25.9 Å². The quantitative estimate of drug-likeness (QED) is 0.167. The SMILES string of the molecule is CCCCCCCCC=CC=CC=COCOC.[H-].[H-].[Mg+2]. The van der Waals surface area contributed by atoms with Crippen molar-refractivity contribution in [1.82, 2.24) is 0 Å². The topological polar surface area (TPSA) is 18.5 Å². The Labute approximate surface area is 138 Å². The summed E-state index contributed by atoms with van der Waals surface area (Å²) in [6.45, 7) is 2.56. The van der Waals surface area contributed by atoms with Gasteiger partial charge in [-0.15, -0.1) is 0 Å². The molecule has 3 heteroatoms. The third-order valence-corrected chi connectivity index (χ3v) is 2.55. The maximum atomic E-state index is 5.00. The zero-order valence-electron chi connectivity index (χ0n) is 14.6. The zero-order valence-corrected chi connectivity index (χ0v) is 14.1. The molecule has 0 aliphatic heterocycles. The molecule has 0 aromatic heterocycles. The molecule has 0 fully saturated rings. The summed E-state index contributed by atoms with van der Waals surface area (Å²) in [5, 5.41) is 0. The van der Waals surface area contributed by atoms with Crippen LogP contribution in [0.5, 0.6) is 0 Å². The van der Waals surface area contributed by atoms with Gasteiger partial charge in [-0.3, -0.25) is 0 Å². The van der Waals surface area contributed by atoms with E-state index >= 15 is 0 Å². The van der Waals surface area contributed by atoms with Crippen LogP contribution in [0.3, 0.4) is 0 Å². The van der Waals surface area contributed by atoms with Crippen LogP contribution in [0.4, 0.5) is 0 Å². The molecule has 0 atom stereocenters. The number of hydrogen-bond donors (Lipinski definition) is 0. The van der Waals surface area contributed by atoms with Crippen molar-refractivity contribution in [2.75, 3.05) is 13.9 Å². The summed E-state index contributed by atoms with van der Waals surface area (Å²) in [5.74, 6) is 0. The summed E-state index contributed by atoms with van der Waals surface area (Å²) < 4.78 is 9.73. The van der Waals surface area contributed by atoms with E-state index in [1.54, 1.807) is 13.4 Å². The van der Waals surface area contributed by atoms with E-state index < -0.39 is 0 Å². The van der Waals surface area contributed by atoms with Gasteiger partial charge in [-0.2, -0.15) is 0 Å². The summed E-state index contributed by atoms with van der Waals surface area (Å²) in [7, 11) is 1.61. The van der Waals surface area contributed by atoms with Gasteiger partial charge in [-0.05, 0) is 18.9 Å². The molecule has 2 nitrogen and oxygen atoms in total. The second-order valence-electron chi connectivity index (χ2n) is 4.27. The first kappa shape index (κ1) is 21.1. The maximum absolute atomic E-state index is 5.00. The van der Waals surface area contributed by atoms with Crippen LogP contribution in [0.15, 0.2) is 36.6 Å². The van der Waals surface area contributed by atoms with Crippen LogP contribution in [0, 0.1) is 0 Å². The molecule has 0 unspecified atom stereocenters. The molecular weight excluding hydrogens is 248 g/mol. The largest absolute Gasteiger partial charge is 2.00 e. The number of rotatable bonds is 12. The van der Waals surface area contributed by atoms with Crippen molar-refractivity contribution in [3.63, 3.8) is 0 Å². The smallest absolute Gasteiger partial charge is 1.00 e. The van der Waals surface area contributed by atoms with E-state index in [0.717, 1.165) is 0 Å². The predicted molar refractivity (Wildman–Crippen MR) is 86.4 cm³/mol. The van der Waals surface area contributed by atoms with E-state index in [1.807, 2.05) is 18.2 Å². The van der Waals surface area contributed by atoms with Crippen LogP contribution >= 0.6 is 0 Å². The number of hydrogen-bond acceptors (Lipinski definition) is 2. The first-order valence-electron chi connectivity index (χ1n) is 7.00. The molecule has 0 aromatic carbocycles. The monoisotopic (exact) mass is 278 g/mol. The van der Waals surface area contributed by atoms with Gasteiger partial charge < -0.3 is 12.3 Å². The molecule has 0 saturated heterocycles. The predicted octanol–water partition coefficient (Wildman–Crippen LogP) is 4.83. The number of ether oxygens (including phenoxy) is 2. The van der Waals surface area contributed by atoms with Gasteiger partial charge in [0, 0.05) is 7.11 Å². The Morgan fingerprint density at radius 3 is 2.32 bits per heavy atom. The minimum atomic E-state index is 0. The van der Waals surface area contributed by atoms with Crippen molar-refractivity contribution < 1.29 is 12.3 Å². The van der Waals surface area contributed by atoms with Gasteiger partial charge >= 0.3 is 23.1 Å². The first-order chi connectivity index (χ1) is 8.91. The van der Waals surface area contributed by atoms with E-state index in [9.17, 15) is 0 Å². The number of methoxy groups -OCH3 is 1. The summed E-state index contributed by atoms with van der Waals surface area (Å²) in [4.78, 5) is 0. The molecule has 0 spiro atoms. The van der Waals surface area contributed by atoms with E-state index in [0.29, 0.717) is 6.79 Å². The average Bonchev–Trinajstić information content (AvgIpc) is 2.39. The molecule has 0 bridgehead atoms. The summed E-state index contributed by atoms with van der Waals surface area (Å²) in [5.41, 5.74) is 0. The van der Waals surface area contributed by atoms with E-state index in [2.05, 4.69) is 19.1 Å². The van der Waals surface area contributed by atoms with Crippen molar-refractivity contribution in [3.8, 4) is 0 Å². The Bertz CT molecular complexity index is 244. The Balaban J connectivity index is -0.000000482. The fourth-order valence-corrected chi connectivity index (χ4v) is 1.55. The van der Waals surface area contributed by atoms with Gasteiger partial charge in [0.1, 0.15) is 0 Å². The van der Waals surface area contributed by atoms with Crippen LogP contribution in [0.1, 0.15) is 54.7 Å². The van der Waals surface area contributed by atoms with E-state index in [1.165, 1.54) is 44.9 Å². The van der Waals surface area contributed by atoms with Crippen molar-refractivity contribution in [2.45, 2.75) is 51.9 Å². The van der Waals surface area contributed by atoms with Gasteiger partial charge in [0.25, 0.3) is 0 Å². The van der Waals surface area contributed by atoms with Gasteiger partial charge in [0.05, 0.1) is 6.26 Å². The minimum absolute atomic E-state index is 0. The van der Waals surface area contributed by atoms with Gasteiger partial charge in [0.2, 0.25) is 0 Å². The Morgan fingerprint density at radius 1 is 0.895 bits per heavy atom. The number of allylic oxidation sites excluding steroid dienone is 5. The number of unbranched alkanes of at least 4 members (excludes halogenated alkanes) is 6. The Kier molecular flexibility index (Phi) is 22.2. The third kappa shape index (κ3) is 20.2. The molecule has 19 heavy (non-hydrogen) atoms. The van der Waals surface area contributed by atoms with Gasteiger partial charge in [0.15, 0.2) is 6.79 Å². The Morgan fingerprint density at radius 2 is 1.58 bits per heavy atom. The van der Waals surface area contributed by atoms with Gasteiger partial charge in [-0.1, -0.05) is 63.3 Å². The molecule has 0 radical (unpaired) electrons. The van der Waals surface area contributed by atoms with Crippen LogP contribution in [0.25, 0.3) is 0 Å². The molecule has 0 amide bonds. The molecule has 0 aliphatic rings.